The average molecular weight is 251 g/mol. The predicted molar refractivity (Wildman–Crippen MR) is 69.9 cm³/mol. The van der Waals surface area contributed by atoms with E-state index in [1.165, 1.54) is 43.6 Å². The molecule has 3 nitrogen and oxygen atoms in total. The van der Waals surface area contributed by atoms with Gasteiger partial charge in [-0.2, -0.15) is 0 Å². The molecule has 2 bridgehead atoms. The van der Waals surface area contributed by atoms with Crippen molar-refractivity contribution in [2.24, 2.45) is 17.8 Å². The summed E-state index contributed by atoms with van der Waals surface area (Å²) < 4.78 is 4.00. The molecule has 4 atom stereocenters. The minimum absolute atomic E-state index is 0.433. The van der Waals surface area contributed by atoms with Gasteiger partial charge in [-0.25, -0.2) is 0 Å². The van der Waals surface area contributed by atoms with E-state index in [0.29, 0.717) is 6.04 Å². The molecule has 4 unspecified atom stereocenters. The van der Waals surface area contributed by atoms with E-state index >= 15 is 0 Å². The lowest BCUT2D eigenvalue weighted by Crippen LogP contribution is -2.25. The molecule has 1 aromatic heterocycles. The number of hydrogen-bond acceptors (Lipinski definition) is 4. The number of hydrogen-bond donors (Lipinski definition) is 1. The van der Waals surface area contributed by atoms with Crippen molar-refractivity contribution < 1.29 is 0 Å². The van der Waals surface area contributed by atoms with E-state index in [2.05, 4.69) is 27.2 Å². The van der Waals surface area contributed by atoms with Gasteiger partial charge < -0.3 is 5.32 Å². The van der Waals surface area contributed by atoms with Gasteiger partial charge in [0.05, 0.1) is 11.7 Å². The summed E-state index contributed by atoms with van der Waals surface area (Å²) in [7, 11) is 0. The van der Waals surface area contributed by atoms with Gasteiger partial charge in [0, 0.05) is 5.38 Å². The highest BCUT2D eigenvalue weighted by atomic mass is 32.1. The van der Waals surface area contributed by atoms with Crippen LogP contribution in [0, 0.1) is 17.8 Å². The zero-order valence-corrected chi connectivity index (χ0v) is 11.2. The van der Waals surface area contributed by atoms with Gasteiger partial charge in [0.15, 0.2) is 0 Å². The number of nitrogens with zero attached hydrogens (tertiary/aromatic N) is 2. The molecule has 2 fully saturated rings. The van der Waals surface area contributed by atoms with Gasteiger partial charge in [-0.1, -0.05) is 17.8 Å². The second-order valence-corrected chi connectivity index (χ2v) is 6.22. The van der Waals surface area contributed by atoms with Gasteiger partial charge in [-0.05, 0) is 61.5 Å². The molecule has 17 heavy (non-hydrogen) atoms. The van der Waals surface area contributed by atoms with Crippen LogP contribution in [0.5, 0.6) is 0 Å². The van der Waals surface area contributed by atoms with Crippen molar-refractivity contribution >= 4 is 11.5 Å². The molecule has 3 rings (SSSR count). The van der Waals surface area contributed by atoms with Crippen LogP contribution in [0.25, 0.3) is 0 Å². The Morgan fingerprint density at radius 3 is 3.00 bits per heavy atom. The number of rotatable bonds is 5. The molecule has 0 aliphatic heterocycles. The molecule has 4 heteroatoms. The van der Waals surface area contributed by atoms with Crippen LogP contribution in [0.2, 0.25) is 0 Å². The first-order valence-electron chi connectivity index (χ1n) is 6.87. The molecule has 2 aliphatic carbocycles. The lowest BCUT2D eigenvalue weighted by molar-refractivity contribution is 0.278. The highest BCUT2D eigenvalue weighted by Crippen LogP contribution is 2.50. The van der Waals surface area contributed by atoms with Crippen molar-refractivity contribution in [2.75, 3.05) is 6.54 Å². The second kappa shape index (κ2) is 5.02. The van der Waals surface area contributed by atoms with Crippen LogP contribution in [0.1, 0.15) is 50.8 Å². The van der Waals surface area contributed by atoms with E-state index in [1.54, 1.807) is 0 Å². The smallest absolute Gasteiger partial charge is 0.0924 e. The summed E-state index contributed by atoms with van der Waals surface area (Å²) in [5.74, 6) is 2.98. The van der Waals surface area contributed by atoms with Crippen molar-refractivity contribution in [1.29, 1.82) is 0 Å². The van der Waals surface area contributed by atoms with E-state index in [9.17, 15) is 0 Å². The van der Waals surface area contributed by atoms with Gasteiger partial charge in [0.25, 0.3) is 0 Å². The van der Waals surface area contributed by atoms with Gasteiger partial charge in [0.2, 0.25) is 0 Å². The minimum Gasteiger partial charge on any atom is -0.309 e. The molecule has 0 aromatic carbocycles. The fourth-order valence-corrected chi connectivity index (χ4v) is 4.35. The first-order chi connectivity index (χ1) is 8.36. The van der Waals surface area contributed by atoms with Crippen LogP contribution in [0.4, 0.5) is 0 Å². The maximum absolute atomic E-state index is 4.25. The van der Waals surface area contributed by atoms with E-state index in [1.807, 2.05) is 0 Å². The normalized spacial score (nSPS) is 33.1. The zero-order valence-electron chi connectivity index (χ0n) is 10.4. The molecule has 0 spiro atoms. The van der Waals surface area contributed by atoms with Crippen molar-refractivity contribution in [3.8, 4) is 0 Å². The van der Waals surface area contributed by atoms with Gasteiger partial charge in [-0.15, -0.1) is 5.10 Å². The summed E-state index contributed by atoms with van der Waals surface area (Å²) in [6.45, 7) is 3.19. The molecule has 0 saturated heterocycles. The van der Waals surface area contributed by atoms with E-state index in [-0.39, 0.29) is 0 Å². The number of aromatic nitrogens is 2. The Balaban J connectivity index is 1.65. The molecule has 0 radical (unpaired) electrons. The fraction of sp³-hybridized carbons (Fsp3) is 0.846. The van der Waals surface area contributed by atoms with E-state index in [0.717, 1.165) is 30.0 Å². The van der Waals surface area contributed by atoms with Gasteiger partial charge in [0.1, 0.15) is 0 Å². The first-order valence-corrected chi connectivity index (χ1v) is 7.70. The summed E-state index contributed by atoms with van der Waals surface area (Å²) in [4.78, 5) is 0. The van der Waals surface area contributed by atoms with Crippen LogP contribution < -0.4 is 5.32 Å². The lowest BCUT2D eigenvalue weighted by Gasteiger charge is -2.26. The standard InChI is InChI=1S/C13H21N3S/c1-2-14-12(13-8-17-16-15-13)7-11-6-9-3-4-10(11)5-9/h8-12,14H,2-7H2,1H3. The van der Waals surface area contributed by atoms with Crippen molar-refractivity contribution in [1.82, 2.24) is 14.9 Å². The maximum atomic E-state index is 4.25. The van der Waals surface area contributed by atoms with Crippen LogP contribution in [-0.4, -0.2) is 16.1 Å². The largest absolute Gasteiger partial charge is 0.309 e. The maximum Gasteiger partial charge on any atom is 0.0924 e. The molecule has 2 aliphatic rings. The Morgan fingerprint density at radius 2 is 2.41 bits per heavy atom. The molecule has 0 amide bonds. The third kappa shape index (κ3) is 2.38. The summed E-state index contributed by atoms with van der Waals surface area (Å²) in [5, 5.41) is 9.92. The number of fused-ring (bicyclic) bond motifs is 2. The SMILES string of the molecule is CCNC(CC1CC2CCC1C2)c1csnn1. The third-order valence-corrected chi connectivity index (χ3v) is 5.13. The Bertz CT molecular complexity index is 352. The third-order valence-electron chi connectivity index (χ3n) is 4.61. The van der Waals surface area contributed by atoms with Gasteiger partial charge in [-0.3, -0.25) is 0 Å². The molecule has 94 valence electrons. The monoisotopic (exact) mass is 251 g/mol. The Morgan fingerprint density at radius 1 is 1.47 bits per heavy atom. The van der Waals surface area contributed by atoms with E-state index in [4.69, 9.17) is 0 Å². The number of nitrogens with one attached hydrogen (secondary N) is 1. The van der Waals surface area contributed by atoms with Gasteiger partial charge >= 0.3 is 0 Å². The first kappa shape index (κ1) is 11.6. The highest BCUT2D eigenvalue weighted by Gasteiger charge is 2.40. The molecular formula is C13H21N3S. The Kier molecular flexibility index (Phi) is 3.43. The van der Waals surface area contributed by atoms with Crippen molar-refractivity contribution in [2.45, 2.75) is 45.1 Å². The fourth-order valence-electron chi connectivity index (χ4n) is 3.85. The highest BCUT2D eigenvalue weighted by molar-refractivity contribution is 7.03. The summed E-state index contributed by atoms with van der Waals surface area (Å²) in [5.41, 5.74) is 1.15. The summed E-state index contributed by atoms with van der Waals surface area (Å²) in [6, 6.07) is 0.433. The van der Waals surface area contributed by atoms with Crippen molar-refractivity contribution in [3.05, 3.63) is 11.1 Å². The Labute approximate surface area is 107 Å². The molecular weight excluding hydrogens is 230 g/mol. The minimum atomic E-state index is 0.433. The molecule has 1 heterocycles. The summed E-state index contributed by atoms with van der Waals surface area (Å²) in [6.07, 6.45) is 7.19. The second-order valence-electron chi connectivity index (χ2n) is 5.61. The predicted octanol–water partition coefficient (Wildman–Crippen LogP) is 3.02. The van der Waals surface area contributed by atoms with Crippen LogP contribution in [0.15, 0.2) is 5.38 Å². The molecule has 1 aromatic rings. The zero-order chi connectivity index (χ0) is 11.7. The van der Waals surface area contributed by atoms with E-state index < -0.39 is 0 Å². The average Bonchev–Trinajstić information content (AvgIpc) is 3.06. The van der Waals surface area contributed by atoms with Crippen molar-refractivity contribution in [3.63, 3.8) is 0 Å². The quantitative estimate of drug-likeness (QED) is 0.874. The molecule has 2 saturated carbocycles. The van der Waals surface area contributed by atoms with Crippen LogP contribution in [-0.2, 0) is 0 Å². The summed E-state index contributed by atoms with van der Waals surface area (Å²) >= 11 is 1.47. The molecule has 1 N–H and O–H groups in total. The lowest BCUT2D eigenvalue weighted by atomic mass is 9.83. The van der Waals surface area contributed by atoms with Crippen LogP contribution in [0.3, 0.4) is 0 Å². The topological polar surface area (TPSA) is 37.8 Å². The van der Waals surface area contributed by atoms with Crippen LogP contribution >= 0.6 is 11.5 Å². The Hall–Kier alpha value is -0.480.